The summed E-state index contributed by atoms with van der Waals surface area (Å²) in [5, 5.41) is 2.81. The van der Waals surface area contributed by atoms with Gasteiger partial charge in [-0.3, -0.25) is 14.4 Å². The summed E-state index contributed by atoms with van der Waals surface area (Å²) < 4.78 is 6.10. The minimum Gasteiger partial charge on any atom is -0.466 e. The van der Waals surface area contributed by atoms with Crippen LogP contribution < -0.4 is 5.32 Å². The van der Waals surface area contributed by atoms with E-state index >= 15 is 0 Å². The number of carbonyl (C=O) groups is 3. The Morgan fingerprint density at radius 2 is 1.75 bits per heavy atom. The summed E-state index contributed by atoms with van der Waals surface area (Å²) in [5.41, 5.74) is 0.488. The number of esters is 1. The molecule has 1 aromatic rings. The Kier molecular flexibility index (Phi) is 12.5. The van der Waals surface area contributed by atoms with Crippen molar-refractivity contribution in [2.45, 2.75) is 52.0 Å². The highest BCUT2D eigenvalue weighted by atomic mass is 127. The van der Waals surface area contributed by atoms with E-state index in [1.165, 1.54) is 0 Å². The lowest BCUT2D eigenvalue weighted by molar-refractivity contribution is -0.144. The van der Waals surface area contributed by atoms with Gasteiger partial charge in [0.15, 0.2) is 0 Å². The first kappa shape index (κ1) is 24.4. The molecule has 1 atom stereocenters. The van der Waals surface area contributed by atoms with Crippen LogP contribution in [0.15, 0.2) is 30.3 Å². The van der Waals surface area contributed by atoms with Crippen molar-refractivity contribution < 1.29 is 19.1 Å². The van der Waals surface area contributed by atoms with E-state index in [1.54, 1.807) is 29.2 Å². The quantitative estimate of drug-likeness (QED) is 0.194. The Bertz CT molecular complexity index is 604. The molecule has 0 aromatic heterocycles. The maximum Gasteiger partial charge on any atom is 0.305 e. The van der Waals surface area contributed by atoms with Gasteiger partial charge >= 0.3 is 5.97 Å². The molecule has 2 amide bonds. The van der Waals surface area contributed by atoms with Crippen molar-refractivity contribution in [1.82, 2.24) is 10.2 Å². The molecule has 0 radical (unpaired) electrons. The predicted octanol–water partition coefficient (Wildman–Crippen LogP) is 3.58. The topological polar surface area (TPSA) is 75.7 Å². The second-order valence-corrected chi connectivity index (χ2v) is 7.60. The predicted molar refractivity (Wildman–Crippen MR) is 119 cm³/mol. The number of alkyl halides is 1. The SMILES string of the molecule is CCCN(CCC)C(=O)C(CCC(=O)OCCCI)NC(=O)c1ccccc1. The van der Waals surface area contributed by atoms with Crippen LogP contribution in [0.25, 0.3) is 0 Å². The number of nitrogens with zero attached hydrogens (tertiary/aromatic N) is 1. The van der Waals surface area contributed by atoms with E-state index in [0.29, 0.717) is 25.3 Å². The Labute approximate surface area is 181 Å². The number of rotatable bonds is 13. The van der Waals surface area contributed by atoms with Gasteiger partial charge in [-0.05, 0) is 37.8 Å². The van der Waals surface area contributed by atoms with Crippen LogP contribution >= 0.6 is 22.6 Å². The lowest BCUT2D eigenvalue weighted by Gasteiger charge is -2.27. The van der Waals surface area contributed by atoms with E-state index in [2.05, 4.69) is 27.9 Å². The highest BCUT2D eigenvalue weighted by Gasteiger charge is 2.26. The number of amides is 2. The number of nitrogens with one attached hydrogen (secondary N) is 1. The van der Waals surface area contributed by atoms with Crippen molar-refractivity contribution in [3.63, 3.8) is 0 Å². The van der Waals surface area contributed by atoms with Gasteiger partial charge in [0.1, 0.15) is 6.04 Å². The standard InChI is InChI=1S/C21H31IN2O4/c1-3-14-24(15-4-2)21(27)18(11-12-19(25)28-16-8-13-22)23-20(26)17-9-6-5-7-10-17/h5-7,9-10,18H,3-4,8,11-16H2,1-2H3,(H,23,26). The highest BCUT2D eigenvalue weighted by Crippen LogP contribution is 2.09. The van der Waals surface area contributed by atoms with Crippen molar-refractivity contribution in [3.05, 3.63) is 35.9 Å². The Morgan fingerprint density at radius 3 is 2.32 bits per heavy atom. The van der Waals surface area contributed by atoms with E-state index in [1.807, 2.05) is 19.9 Å². The molecular weight excluding hydrogens is 471 g/mol. The molecule has 0 aliphatic heterocycles. The van der Waals surface area contributed by atoms with Gasteiger partial charge in [0.05, 0.1) is 6.61 Å². The molecule has 28 heavy (non-hydrogen) atoms. The average molecular weight is 502 g/mol. The van der Waals surface area contributed by atoms with Crippen LogP contribution in [0.5, 0.6) is 0 Å². The van der Waals surface area contributed by atoms with Gasteiger partial charge in [0.25, 0.3) is 5.91 Å². The Morgan fingerprint density at radius 1 is 1.11 bits per heavy atom. The molecule has 0 heterocycles. The van der Waals surface area contributed by atoms with E-state index in [9.17, 15) is 14.4 Å². The summed E-state index contributed by atoms with van der Waals surface area (Å²) in [6.45, 7) is 5.67. The molecule has 0 aliphatic carbocycles. The molecular formula is C21H31IN2O4. The maximum atomic E-state index is 13.0. The summed E-state index contributed by atoms with van der Waals surface area (Å²) in [4.78, 5) is 39.3. The van der Waals surface area contributed by atoms with Gasteiger partial charge in [-0.25, -0.2) is 0 Å². The fourth-order valence-electron chi connectivity index (χ4n) is 2.76. The molecule has 1 aromatic carbocycles. The monoisotopic (exact) mass is 502 g/mol. The number of halogens is 1. The molecule has 1 unspecified atom stereocenters. The lowest BCUT2D eigenvalue weighted by atomic mass is 10.1. The second-order valence-electron chi connectivity index (χ2n) is 6.52. The smallest absolute Gasteiger partial charge is 0.305 e. The molecule has 6 nitrogen and oxygen atoms in total. The van der Waals surface area contributed by atoms with Gasteiger partial charge in [-0.1, -0.05) is 54.6 Å². The third kappa shape index (κ3) is 9.03. The van der Waals surface area contributed by atoms with Crippen molar-refractivity contribution in [2.75, 3.05) is 24.1 Å². The van der Waals surface area contributed by atoms with Crippen molar-refractivity contribution in [1.29, 1.82) is 0 Å². The minimum absolute atomic E-state index is 0.0960. The zero-order chi connectivity index (χ0) is 20.8. The van der Waals surface area contributed by atoms with Gasteiger partial charge < -0.3 is 15.0 Å². The van der Waals surface area contributed by atoms with Crippen LogP contribution in [0, 0.1) is 0 Å². The molecule has 156 valence electrons. The van der Waals surface area contributed by atoms with Gasteiger partial charge in [-0.15, -0.1) is 0 Å². The first-order chi connectivity index (χ1) is 13.5. The van der Waals surface area contributed by atoms with Crippen LogP contribution in [0.4, 0.5) is 0 Å². The number of carbonyl (C=O) groups excluding carboxylic acids is 3. The highest BCUT2D eigenvalue weighted by molar-refractivity contribution is 14.1. The van der Waals surface area contributed by atoms with E-state index in [4.69, 9.17) is 4.74 Å². The number of hydrogen-bond donors (Lipinski definition) is 1. The number of hydrogen-bond acceptors (Lipinski definition) is 4. The molecule has 1 rings (SSSR count). The summed E-state index contributed by atoms with van der Waals surface area (Å²) in [5.74, 6) is -0.799. The summed E-state index contributed by atoms with van der Waals surface area (Å²) in [6, 6.07) is 8.03. The first-order valence-corrected chi connectivity index (χ1v) is 11.4. The largest absolute Gasteiger partial charge is 0.466 e. The number of benzene rings is 1. The van der Waals surface area contributed by atoms with Crippen LogP contribution in [-0.2, 0) is 14.3 Å². The zero-order valence-corrected chi connectivity index (χ0v) is 18.9. The molecule has 1 N–H and O–H groups in total. The van der Waals surface area contributed by atoms with Gasteiger partial charge in [0.2, 0.25) is 5.91 Å². The third-order valence-corrected chi connectivity index (χ3v) is 4.88. The van der Waals surface area contributed by atoms with Crippen LogP contribution in [0.3, 0.4) is 0 Å². The van der Waals surface area contributed by atoms with Crippen LogP contribution in [-0.4, -0.2) is 52.8 Å². The average Bonchev–Trinajstić information content (AvgIpc) is 2.71. The molecule has 0 fully saturated rings. The first-order valence-electron chi connectivity index (χ1n) is 9.89. The van der Waals surface area contributed by atoms with Crippen LogP contribution in [0.2, 0.25) is 0 Å². The van der Waals surface area contributed by atoms with Gasteiger partial charge in [0, 0.05) is 29.5 Å². The number of ether oxygens (including phenoxy) is 1. The molecule has 0 bridgehead atoms. The van der Waals surface area contributed by atoms with Crippen LogP contribution in [0.1, 0.15) is 56.3 Å². The third-order valence-electron chi connectivity index (χ3n) is 4.12. The lowest BCUT2D eigenvalue weighted by Crippen LogP contribution is -2.49. The Hall–Kier alpha value is -1.64. The maximum absolute atomic E-state index is 13.0. The second kappa shape index (κ2) is 14.4. The summed E-state index contributed by atoms with van der Waals surface area (Å²) >= 11 is 2.23. The van der Waals surface area contributed by atoms with Crippen molar-refractivity contribution in [2.24, 2.45) is 0 Å². The van der Waals surface area contributed by atoms with E-state index in [-0.39, 0.29) is 30.6 Å². The fraction of sp³-hybridized carbons (Fsp3) is 0.571. The van der Waals surface area contributed by atoms with E-state index in [0.717, 1.165) is 23.7 Å². The molecule has 0 spiro atoms. The molecule has 0 saturated carbocycles. The summed E-state index contributed by atoms with van der Waals surface area (Å²) in [6.07, 6.45) is 2.80. The van der Waals surface area contributed by atoms with Gasteiger partial charge in [-0.2, -0.15) is 0 Å². The molecule has 0 saturated heterocycles. The molecule has 7 heteroatoms. The normalized spacial score (nSPS) is 11.5. The zero-order valence-electron chi connectivity index (χ0n) is 16.8. The minimum atomic E-state index is -0.747. The molecule has 0 aliphatic rings. The van der Waals surface area contributed by atoms with Crippen molar-refractivity contribution in [3.8, 4) is 0 Å². The fourth-order valence-corrected chi connectivity index (χ4v) is 3.07. The van der Waals surface area contributed by atoms with Crippen molar-refractivity contribution >= 4 is 40.4 Å². The van der Waals surface area contributed by atoms with E-state index < -0.39 is 6.04 Å². The summed E-state index contributed by atoms with van der Waals surface area (Å²) in [7, 11) is 0. The Balaban J connectivity index is 2.81.